The van der Waals surface area contributed by atoms with Gasteiger partial charge in [0.15, 0.2) is 5.05 Å². The Balaban J connectivity index is 2.59. The largest absolute Gasteiger partial charge is 0.489 e. The quantitative estimate of drug-likeness (QED) is 0.769. The Kier molecular flexibility index (Phi) is 3.78. The van der Waals surface area contributed by atoms with Gasteiger partial charge in [-0.2, -0.15) is 0 Å². The van der Waals surface area contributed by atoms with E-state index in [9.17, 15) is 0 Å². The van der Waals surface area contributed by atoms with E-state index >= 15 is 0 Å². The average Bonchev–Trinajstić information content (AvgIpc) is 2.47. The summed E-state index contributed by atoms with van der Waals surface area (Å²) in [5.74, 6) is 0. The van der Waals surface area contributed by atoms with E-state index in [1.807, 2.05) is 36.4 Å². The summed E-state index contributed by atoms with van der Waals surface area (Å²) in [5.41, 5.74) is 1.89. The van der Waals surface area contributed by atoms with Crippen LogP contribution in [0.3, 0.4) is 0 Å². The van der Waals surface area contributed by atoms with E-state index in [0.29, 0.717) is 5.05 Å². The zero-order valence-corrected chi connectivity index (χ0v) is 11.4. The maximum absolute atomic E-state index is 5.43. The summed E-state index contributed by atoms with van der Waals surface area (Å²) in [6.45, 7) is 2.10. The number of hydrogen-bond acceptors (Lipinski definition) is 2. The molecule has 2 rings (SSSR count). The standard InChI is InChI=1S/C16H16OS/c1-16(15(18)17-2,13-9-5-3-6-10-13)14-11-7-4-8-12-14/h3-12H,1-2H3. The van der Waals surface area contributed by atoms with Gasteiger partial charge in [-0.1, -0.05) is 60.7 Å². The van der Waals surface area contributed by atoms with E-state index in [1.165, 1.54) is 0 Å². The minimum atomic E-state index is -0.396. The molecule has 0 bridgehead atoms. The van der Waals surface area contributed by atoms with Gasteiger partial charge in [0.1, 0.15) is 0 Å². The molecule has 0 aliphatic heterocycles. The fourth-order valence-electron chi connectivity index (χ4n) is 2.15. The van der Waals surface area contributed by atoms with Gasteiger partial charge in [-0.15, -0.1) is 0 Å². The molecule has 0 amide bonds. The van der Waals surface area contributed by atoms with Crippen LogP contribution in [0.4, 0.5) is 0 Å². The van der Waals surface area contributed by atoms with Gasteiger partial charge in [-0.25, -0.2) is 0 Å². The summed E-state index contributed by atoms with van der Waals surface area (Å²) in [6.07, 6.45) is 0. The lowest BCUT2D eigenvalue weighted by molar-refractivity contribution is 0.380. The Labute approximate surface area is 113 Å². The topological polar surface area (TPSA) is 9.23 Å². The predicted molar refractivity (Wildman–Crippen MR) is 78.9 cm³/mol. The molecule has 0 fully saturated rings. The van der Waals surface area contributed by atoms with Crippen molar-refractivity contribution < 1.29 is 4.74 Å². The Hall–Kier alpha value is -1.67. The average molecular weight is 256 g/mol. The lowest BCUT2D eigenvalue weighted by Gasteiger charge is -2.30. The zero-order valence-electron chi connectivity index (χ0n) is 10.6. The molecule has 0 aliphatic carbocycles. The van der Waals surface area contributed by atoms with Gasteiger partial charge < -0.3 is 4.74 Å². The van der Waals surface area contributed by atoms with Crippen molar-refractivity contribution in [3.8, 4) is 0 Å². The van der Waals surface area contributed by atoms with Crippen LogP contribution in [0.15, 0.2) is 60.7 Å². The van der Waals surface area contributed by atoms with Gasteiger partial charge in [0.05, 0.1) is 12.5 Å². The first-order valence-corrected chi connectivity index (χ1v) is 6.30. The van der Waals surface area contributed by atoms with Crippen molar-refractivity contribution in [3.05, 3.63) is 71.8 Å². The van der Waals surface area contributed by atoms with Crippen LogP contribution in [0.1, 0.15) is 18.1 Å². The second-order valence-electron chi connectivity index (χ2n) is 4.35. The Morgan fingerprint density at radius 2 is 1.28 bits per heavy atom. The zero-order chi connectivity index (χ0) is 13.0. The molecular formula is C16H16OS. The number of hydrogen-bond donors (Lipinski definition) is 0. The number of ether oxygens (including phenoxy) is 1. The van der Waals surface area contributed by atoms with Gasteiger partial charge >= 0.3 is 0 Å². The molecule has 0 spiro atoms. The summed E-state index contributed by atoms with van der Waals surface area (Å²) in [5, 5.41) is 0.583. The number of rotatable bonds is 3. The van der Waals surface area contributed by atoms with Gasteiger partial charge in [-0.3, -0.25) is 0 Å². The maximum atomic E-state index is 5.43. The lowest BCUT2D eigenvalue weighted by Crippen LogP contribution is -2.33. The highest BCUT2D eigenvalue weighted by atomic mass is 32.1. The highest BCUT2D eigenvalue weighted by Gasteiger charge is 2.34. The fourth-order valence-corrected chi connectivity index (χ4v) is 2.39. The van der Waals surface area contributed by atoms with E-state index in [-0.39, 0.29) is 0 Å². The third-order valence-corrected chi connectivity index (χ3v) is 3.87. The smallest absolute Gasteiger partial charge is 0.173 e. The third-order valence-electron chi connectivity index (χ3n) is 3.30. The van der Waals surface area contributed by atoms with E-state index in [1.54, 1.807) is 7.11 Å². The molecule has 1 nitrogen and oxygen atoms in total. The minimum absolute atomic E-state index is 0.396. The van der Waals surface area contributed by atoms with Gasteiger partial charge in [0.2, 0.25) is 0 Å². The number of methoxy groups -OCH3 is 1. The van der Waals surface area contributed by atoms with Crippen LogP contribution in [-0.2, 0) is 10.2 Å². The van der Waals surface area contributed by atoms with Crippen LogP contribution < -0.4 is 0 Å². The molecular weight excluding hydrogens is 240 g/mol. The second kappa shape index (κ2) is 5.32. The van der Waals surface area contributed by atoms with Crippen molar-refractivity contribution in [1.29, 1.82) is 0 Å². The Morgan fingerprint density at radius 3 is 1.61 bits per heavy atom. The minimum Gasteiger partial charge on any atom is -0.489 e. The van der Waals surface area contributed by atoms with E-state index in [2.05, 4.69) is 31.2 Å². The molecule has 0 saturated carbocycles. The van der Waals surface area contributed by atoms with Crippen LogP contribution >= 0.6 is 12.2 Å². The molecule has 2 aromatic rings. The molecule has 0 aromatic heterocycles. The van der Waals surface area contributed by atoms with Crippen molar-refractivity contribution in [2.45, 2.75) is 12.3 Å². The highest BCUT2D eigenvalue weighted by Crippen LogP contribution is 2.33. The van der Waals surface area contributed by atoms with Crippen LogP contribution in [-0.4, -0.2) is 12.2 Å². The molecule has 0 saturated heterocycles. The first kappa shape index (κ1) is 12.8. The van der Waals surface area contributed by atoms with Crippen LogP contribution in [0.5, 0.6) is 0 Å². The third kappa shape index (κ3) is 2.16. The van der Waals surface area contributed by atoms with Gasteiger partial charge in [0, 0.05) is 0 Å². The molecule has 2 heteroatoms. The molecule has 2 aromatic carbocycles. The summed E-state index contributed by atoms with van der Waals surface area (Å²) in [6, 6.07) is 20.4. The Bertz CT molecular complexity index is 480. The highest BCUT2D eigenvalue weighted by molar-refractivity contribution is 7.80. The van der Waals surface area contributed by atoms with E-state index in [4.69, 9.17) is 17.0 Å². The van der Waals surface area contributed by atoms with Crippen molar-refractivity contribution >= 4 is 17.3 Å². The van der Waals surface area contributed by atoms with Gasteiger partial charge in [0.25, 0.3) is 0 Å². The second-order valence-corrected chi connectivity index (χ2v) is 4.72. The van der Waals surface area contributed by atoms with Crippen LogP contribution in [0.25, 0.3) is 0 Å². The molecule has 0 N–H and O–H groups in total. The summed E-state index contributed by atoms with van der Waals surface area (Å²) in [7, 11) is 1.63. The SMILES string of the molecule is COC(=S)C(C)(c1ccccc1)c1ccccc1. The van der Waals surface area contributed by atoms with Crippen LogP contribution in [0.2, 0.25) is 0 Å². The maximum Gasteiger partial charge on any atom is 0.173 e. The number of benzene rings is 2. The summed E-state index contributed by atoms with van der Waals surface area (Å²) in [4.78, 5) is 0. The van der Waals surface area contributed by atoms with Crippen molar-refractivity contribution in [1.82, 2.24) is 0 Å². The number of thiocarbonyl (C=S) groups is 1. The molecule has 0 radical (unpaired) electrons. The Morgan fingerprint density at radius 1 is 0.889 bits per heavy atom. The van der Waals surface area contributed by atoms with Crippen molar-refractivity contribution in [2.75, 3.05) is 7.11 Å². The molecule has 92 valence electrons. The van der Waals surface area contributed by atoms with Crippen LogP contribution in [0, 0.1) is 0 Å². The monoisotopic (exact) mass is 256 g/mol. The van der Waals surface area contributed by atoms with E-state index in [0.717, 1.165) is 11.1 Å². The van der Waals surface area contributed by atoms with Crippen molar-refractivity contribution in [3.63, 3.8) is 0 Å². The fraction of sp³-hybridized carbons (Fsp3) is 0.188. The molecule has 0 atom stereocenters. The first-order valence-electron chi connectivity index (χ1n) is 5.89. The van der Waals surface area contributed by atoms with Crippen molar-refractivity contribution in [2.24, 2.45) is 0 Å². The summed E-state index contributed by atoms with van der Waals surface area (Å²) >= 11 is 5.43. The molecule has 0 aliphatic rings. The van der Waals surface area contributed by atoms with Gasteiger partial charge in [-0.05, 0) is 30.3 Å². The molecule has 0 unspecified atom stereocenters. The summed E-state index contributed by atoms with van der Waals surface area (Å²) < 4.78 is 5.36. The van der Waals surface area contributed by atoms with E-state index < -0.39 is 5.41 Å². The first-order chi connectivity index (χ1) is 8.69. The predicted octanol–water partition coefficient (Wildman–Crippen LogP) is 3.97. The molecule has 0 heterocycles. The normalized spacial score (nSPS) is 11.0. The molecule has 18 heavy (non-hydrogen) atoms. The lowest BCUT2D eigenvalue weighted by atomic mass is 9.77.